The van der Waals surface area contributed by atoms with Crippen LogP contribution in [0.15, 0.2) is 60.7 Å². The summed E-state index contributed by atoms with van der Waals surface area (Å²) >= 11 is 0. The number of pyridine rings is 1. The summed E-state index contributed by atoms with van der Waals surface area (Å²) in [6, 6.07) is 20.4. The number of hydrogen-bond donors (Lipinski definition) is 0. The van der Waals surface area contributed by atoms with Crippen LogP contribution in [0.4, 0.5) is 0 Å². The van der Waals surface area contributed by atoms with Crippen LogP contribution in [0.1, 0.15) is 39.6 Å². The van der Waals surface area contributed by atoms with Crippen LogP contribution in [0, 0.1) is 6.92 Å². The van der Waals surface area contributed by atoms with Crippen molar-refractivity contribution in [2.75, 3.05) is 7.05 Å². The zero-order chi connectivity index (χ0) is 20.8. The summed E-state index contributed by atoms with van der Waals surface area (Å²) in [6.07, 6.45) is 1.96. The third-order valence-electron chi connectivity index (χ3n) is 6.16. The predicted molar refractivity (Wildman–Crippen MR) is 118 cm³/mol. The monoisotopic (exact) mass is 396 g/mol. The normalized spacial score (nSPS) is 15.4. The van der Waals surface area contributed by atoms with Crippen LogP contribution in [0.5, 0.6) is 0 Å². The average Bonchev–Trinajstić information content (AvgIpc) is 3.33. The Kier molecular flexibility index (Phi) is 4.39. The van der Waals surface area contributed by atoms with Crippen molar-refractivity contribution in [3.63, 3.8) is 0 Å². The van der Waals surface area contributed by atoms with Gasteiger partial charge in [0, 0.05) is 19.7 Å². The number of aryl methyl sites for hydroxylation is 3. The Balaban J connectivity index is 1.63. The molecule has 0 aliphatic heterocycles. The molecule has 0 saturated heterocycles. The molecule has 5 heteroatoms. The van der Waals surface area contributed by atoms with Gasteiger partial charge in [0.05, 0.1) is 28.4 Å². The molecule has 2 aromatic carbocycles. The van der Waals surface area contributed by atoms with E-state index in [1.165, 1.54) is 11.1 Å². The molecule has 0 spiro atoms. The number of hydrogen-bond acceptors (Lipinski definition) is 3. The Labute approximate surface area is 176 Å². The third-order valence-corrected chi connectivity index (χ3v) is 6.16. The summed E-state index contributed by atoms with van der Waals surface area (Å²) in [4.78, 5) is 20.5. The molecule has 0 radical (unpaired) electrons. The molecule has 0 N–H and O–H groups in total. The maximum Gasteiger partial charge on any atom is 0.255 e. The number of rotatable bonds is 3. The highest BCUT2D eigenvalue weighted by atomic mass is 16.2. The molecular formula is C25H24N4O. The van der Waals surface area contributed by atoms with Gasteiger partial charge < -0.3 is 4.90 Å². The zero-order valence-electron chi connectivity index (χ0n) is 17.5. The van der Waals surface area contributed by atoms with E-state index < -0.39 is 0 Å². The highest BCUT2D eigenvalue weighted by molar-refractivity contribution is 6.07. The molecule has 0 bridgehead atoms. The van der Waals surface area contributed by atoms with Crippen LogP contribution in [-0.2, 0) is 13.5 Å². The van der Waals surface area contributed by atoms with Crippen LogP contribution in [0.25, 0.3) is 22.3 Å². The highest BCUT2D eigenvalue weighted by Crippen LogP contribution is 2.36. The van der Waals surface area contributed by atoms with Crippen molar-refractivity contribution < 1.29 is 4.79 Å². The van der Waals surface area contributed by atoms with E-state index in [1.807, 2.05) is 62.3 Å². The molecule has 2 heterocycles. The van der Waals surface area contributed by atoms with Gasteiger partial charge in [-0.3, -0.25) is 9.48 Å². The Morgan fingerprint density at radius 2 is 1.83 bits per heavy atom. The van der Waals surface area contributed by atoms with Gasteiger partial charge in [-0.15, -0.1) is 0 Å². The number of carbonyl (C=O) groups excluding carboxylic acids is 1. The second kappa shape index (κ2) is 7.10. The summed E-state index contributed by atoms with van der Waals surface area (Å²) in [5.74, 6) is 0.0115. The lowest BCUT2D eigenvalue weighted by Gasteiger charge is -2.26. The van der Waals surface area contributed by atoms with Gasteiger partial charge in [-0.1, -0.05) is 54.6 Å². The molecular weight excluding hydrogens is 372 g/mol. The molecule has 1 amide bonds. The van der Waals surface area contributed by atoms with Gasteiger partial charge in [0.1, 0.15) is 0 Å². The van der Waals surface area contributed by atoms with Crippen molar-refractivity contribution in [3.8, 4) is 11.3 Å². The molecule has 1 unspecified atom stereocenters. The topological polar surface area (TPSA) is 51.0 Å². The van der Waals surface area contributed by atoms with Crippen molar-refractivity contribution in [2.24, 2.45) is 7.05 Å². The summed E-state index contributed by atoms with van der Waals surface area (Å²) < 4.78 is 1.76. The van der Waals surface area contributed by atoms with E-state index in [2.05, 4.69) is 29.4 Å². The van der Waals surface area contributed by atoms with Gasteiger partial charge in [-0.25, -0.2) is 4.98 Å². The average molecular weight is 396 g/mol. The summed E-state index contributed by atoms with van der Waals surface area (Å²) in [6.45, 7) is 1.94. The molecule has 2 aromatic heterocycles. The predicted octanol–water partition coefficient (Wildman–Crippen LogP) is 4.70. The number of aromatic nitrogens is 3. The SMILES string of the molecule is Cc1nn(C)c2nc(-c3ccccc3)cc(C(=O)N(C)C3CCc4ccccc43)c12. The van der Waals surface area contributed by atoms with Crippen LogP contribution < -0.4 is 0 Å². The molecule has 5 nitrogen and oxygen atoms in total. The fraction of sp³-hybridized carbons (Fsp3) is 0.240. The second-order valence-corrected chi connectivity index (χ2v) is 8.00. The minimum atomic E-state index is 0.0115. The van der Waals surface area contributed by atoms with E-state index in [1.54, 1.807) is 4.68 Å². The van der Waals surface area contributed by atoms with Gasteiger partial charge >= 0.3 is 0 Å². The third kappa shape index (κ3) is 2.89. The van der Waals surface area contributed by atoms with Crippen LogP contribution in [0.3, 0.4) is 0 Å². The van der Waals surface area contributed by atoms with E-state index in [0.29, 0.717) is 5.56 Å². The zero-order valence-corrected chi connectivity index (χ0v) is 17.5. The smallest absolute Gasteiger partial charge is 0.255 e. The largest absolute Gasteiger partial charge is 0.335 e. The first kappa shape index (κ1) is 18.6. The summed E-state index contributed by atoms with van der Waals surface area (Å²) in [7, 11) is 3.79. The highest BCUT2D eigenvalue weighted by Gasteiger charge is 2.30. The minimum Gasteiger partial charge on any atom is -0.335 e. The van der Waals surface area contributed by atoms with Crippen LogP contribution in [0.2, 0.25) is 0 Å². The Morgan fingerprint density at radius 1 is 1.10 bits per heavy atom. The van der Waals surface area contributed by atoms with Gasteiger partial charge in [-0.05, 0) is 37.0 Å². The molecule has 0 fully saturated rings. The summed E-state index contributed by atoms with van der Waals surface area (Å²) in [5, 5.41) is 5.38. The fourth-order valence-corrected chi connectivity index (χ4v) is 4.64. The molecule has 4 aromatic rings. The lowest BCUT2D eigenvalue weighted by Crippen LogP contribution is -2.30. The lowest BCUT2D eigenvalue weighted by atomic mass is 10.0. The first-order valence-electron chi connectivity index (χ1n) is 10.3. The summed E-state index contributed by atoms with van der Waals surface area (Å²) in [5.41, 5.74) is 6.59. The number of amides is 1. The molecule has 1 aliphatic rings. The Morgan fingerprint density at radius 3 is 2.63 bits per heavy atom. The molecule has 1 aliphatic carbocycles. The number of nitrogens with zero attached hydrogens (tertiary/aromatic N) is 4. The van der Waals surface area contributed by atoms with E-state index >= 15 is 0 Å². The molecule has 150 valence electrons. The number of benzene rings is 2. The maximum atomic E-state index is 13.8. The van der Waals surface area contributed by atoms with Gasteiger partial charge in [0.2, 0.25) is 0 Å². The maximum absolute atomic E-state index is 13.8. The van der Waals surface area contributed by atoms with E-state index in [4.69, 9.17) is 4.98 Å². The number of carbonyl (C=O) groups is 1. The van der Waals surface area contributed by atoms with Crippen molar-refractivity contribution in [1.29, 1.82) is 0 Å². The van der Waals surface area contributed by atoms with E-state index in [9.17, 15) is 4.79 Å². The first-order chi connectivity index (χ1) is 14.5. The van der Waals surface area contributed by atoms with Crippen molar-refractivity contribution >= 4 is 16.9 Å². The van der Waals surface area contributed by atoms with Gasteiger partial charge in [0.15, 0.2) is 5.65 Å². The quantitative estimate of drug-likeness (QED) is 0.504. The van der Waals surface area contributed by atoms with Gasteiger partial charge in [-0.2, -0.15) is 5.10 Å². The lowest BCUT2D eigenvalue weighted by molar-refractivity contribution is 0.0732. The Hall–Kier alpha value is -3.47. The minimum absolute atomic E-state index is 0.0115. The van der Waals surface area contributed by atoms with Crippen LogP contribution >= 0.6 is 0 Å². The van der Waals surface area contributed by atoms with E-state index in [0.717, 1.165) is 40.8 Å². The van der Waals surface area contributed by atoms with Crippen molar-refractivity contribution in [3.05, 3.63) is 83.0 Å². The van der Waals surface area contributed by atoms with Gasteiger partial charge in [0.25, 0.3) is 5.91 Å². The Bertz CT molecular complexity index is 1260. The number of fused-ring (bicyclic) bond motifs is 2. The van der Waals surface area contributed by atoms with Crippen LogP contribution in [-0.4, -0.2) is 32.6 Å². The standard InChI is InChI=1S/C25H24N4O/c1-16-23-20(25(30)28(2)22-14-13-17-9-7-8-12-19(17)22)15-21(18-10-5-4-6-11-18)26-24(23)29(3)27-16/h4-12,15,22H,13-14H2,1-3H3. The molecule has 1 atom stereocenters. The van der Waals surface area contributed by atoms with Crippen molar-refractivity contribution in [1.82, 2.24) is 19.7 Å². The van der Waals surface area contributed by atoms with E-state index in [-0.39, 0.29) is 11.9 Å². The van der Waals surface area contributed by atoms with Crippen molar-refractivity contribution in [2.45, 2.75) is 25.8 Å². The first-order valence-corrected chi connectivity index (χ1v) is 10.3. The second-order valence-electron chi connectivity index (χ2n) is 8.00. The molecule has 0 saturated carbocycles. The molecule has 5 rings (SSSR count). The molecule has 30 heavy (non-hydrogen) atoms. The fourth-order valence-electron chi connectivity index (χ4n) is 4.64.